The van der Waals surface area contributed by atoms with E-state index >= 15 is 0 Å². The number of esters is 2. The normalized spacial score (nSPS) is 48.7. The summed E-state index contributed by atoms with van der Waals surface area (Å²) in [6.07, 6.45) is -3.74. The molecule has 0 N–H and O–H groups in total. The van der Waals surface area contributed by atoms with Crippen molar-refractivity contribution in [2.75, 3.05) is 0 Å². The van der Waals surface area contributed by atoms with Gasteiger partial charge in [0.05, 0.1) is 17.6 Å². The molecule has 3 heterocycles. The molecule has 19 heavy (non-hydrogen) atoms. The third kappa shape index (κ3) is 1.69. The zero-order valence-corrected chi connectivity index (χ0v) is 10.3. The monoisotopic (exact) mass is 328 g/mol. The Balaban J connectivity index is 2.07. The number of halogens is 6. The van der Waals surface area contributed by atoms with Gasteiger partial charge in [-0.2, -0.15) is 0 Å². The lowest BCUT2D eigenvalue weighted by Gasteiger charge is -2.49. The first kappa shape index (κ1) is 13.4. The zero-order chi connectivity index (χ0) is 14.4. The highest BCUT2D eigenvalue weighted by atomic mass is 35.5. The Bertz CT molecular complexity index is 506. The van der Waals surface area contributed by atoms with Crippen molar-refractivity contribution >= 4 is 33.8 Å². The fraction of sp³-hybridized carbons (Fsp3) is 0.750. The molecule has 0 aromatic carbocycles. The van der Waals surface area contributed by atoms with E-state index < -0.39 is 56.8 Å². The minimum absolute atomic E-state index is 1.08. The Labute approximate surface area is 107 Å². The second kappa shape index (κ2) is 2.86. The molecular formula is C8H6ClF5O4S. The van der Waals surface area contributed by atoms with Crippen molar-refractivity contribution in [3.05, 3.63) is 0 Å². The Hall–Kier alpha value is -0.610. The first-order valence-electron chi connectivity index (χ1n) is 5.09. The van der Waals surface area contributed by atoms with Gasteiger partial charge < -0.3 is 9.47 Å². The van der Waals surface area contributed by atoms with Crippen molar-refractivity contribution in [3.63, 3.8) is 0 Å². The van der Waals surface area contributed by atoms with Crippen molar-refractivity contribution in [1.82, 2.24) is 0 Å². The SMILES string of the molecule is O=C1OC(=O)[C@H]2[C@H]3O[C@@H]([C@@H]12)[C@H](S(F)(F)(F)(F)F)[C@H]3Cl. The summed E-state index contributed by atoms with van der Waals surface area (Å²) in [5.41, 5.74) is 0. The summed E-state index contributed by atoms with van der Waals surface area (Å²) >= 11 is 5.40. The van der Waals surface area contributed by atoms with E-state index in [1.54, 1.807) is 0 Å². The third-order valence-electron chi connectivity index (χ3n) is 3.62. The van der Waals surface area contributed by atoms with Gasteiger partial charge in [0.1, 0.15) is 17.1 Å². The standard InChI is InChI=1S/C8H6ClF5O4S/c9-3-4-1-2(8(16)18-7(1)15)5(17-4)6(3)19(10,11,12,13)14/h1-6H/t1-,2+,3+,4-,5+,6-/m1/s1. The van der Waals surface area contributed by atoms with Gasteiger partial charge in [-0.25, -0.2) is 0 Å². The van der Waals surface area contributed by atoms with Gasteiger partial charge in [-0.3, -0.25) is 9.59 Å². The van der Waals surface area contributed by atoms with Gasteiger partial charge in [-0.15, -0.1) is 11.6 Å². The number of rotatable bonds is 1. The lowest BCUT2D eigenvalue weighted by Crippen LogP contribution is -2.50. The van der Waals surface area contributed by atoms with Crippen LogP contribution in [0.15, 0.2) is 0 Å². The quantitative estimate of drug-likeness (QED) is 0.321. The molecular weight excluding hydrogens is 323 g/mol. The van der Waals surface area contributed by atoms with Crippen LogP contribution >= 0.6 is 21.8 Å². The van der Waals surface area contributed by atoms with Crippen LogP contribution in [0.3, 0.4) is 0 Å². The Morgan fingerprint density at radius 3 is 1.89 bits per heavy atom. The van der Waals surface area contributed by atoms with Gasteiger partial charge in [-0.05, 0) is 0 Å². The lowest BCUT2D eigenvalue weighted by molar-refractivity contribution is -0.156. The van der Waals surface area contributed by atoms with E-state index in [0.717, 1.165) is 0 Å². The van der Waals surface area contributed by atoms with Crippen LogP contribution in [-0.4, -0.2) is 34.8 Å². The summed E-state index contributed by atoms with van der Waals surface area (Å²) in [5.74, 6) is -5.32. The van der Waals surface area contributed by atoms with Crippen LogP contribution in [0.2, 0.25) is 0 Å². The molecule has 3 aliphatic rings. The van der Waals surface area contributed by atoms with Crippen LogP contribution < -0.4 is 0 Å². The molecule has 0 radical (unpaired) electrons. The van der Waals surface area contributed by atoms with Crippen molar-refractivity contribution in [2.24, 2.45) is 11.8 Å². The number of carbonyl (C=O) groups excluding carboxylic acids is 2. The Morgan fingerprint density at radius 2 is 1.42 bits per heavy atom. The number of ether oxygens (including phenoxy) is 2. The van der Waals surface area contributed by atoms with Gasteiger partial charge in [0.2, 0.25) is 0 Å². The predicted octanol–water partition coefficient (Wildman–Crippen LogP) is 2.36. The maximum atomic E-state index is 12.9. The van der Waals surface area contributed by atoms with Crippen LogP contribution in [0, 0.1) is 11.8 Å². The van der Waals surface area contributed by atoms with Gasteiger partial charge in [-0.1, -0.05) is 19.4 Å². The number of carbonyl (C=O) groups is 2. The third-order valence-corrected chi connectivity index (χ3v) is 5.88. The highest BCUT2D eigenvalue weighted by Crippen LogP contribution is 3.02. The first-order chi connectivity index (χ1) is 8.31. The minimum atomic E-state index is -9.94. The van der Waals surface area contributed by atoms with Gasteiger partial charge in [0, 0.05) is 0 Å². The second-order valence-electron chi connectivity index (χ2n) is 4.79. The number of alkyl halides is 1. The van der Waals surface area contributed by atoms with E-state index in [9.17, 15) is 29.0 Å². The van der Waals surface area contributed by atoms with Crippen LogP contribution in [0.25, 0.3) is 0 Å². The molecule has 3 saturated heterocycles. The molecule has 4 nitrogen and oxygen atoms in total. The van der Waals surface area contributed by atoms with E-state index in [4.69, 9.17) is 16.3 Å². The lowest BCUT2D eigenvalue weighted by atomic mass is 9.80. The molecule has 3 rings (SSSR count). The van der Waals surface area contributed by atoms with Crippen LogP contribution in [0.4, 0.5) is 19.4 Å². The van der Waals surface area contributed by atoms with E-state index in [0.29, 0.717) is 0 Å². The largest absolute Gasteiger partial charge is 0.393 e. The van der Waals surface area contributed by atoms with Gasteiger partial charge in [0.15, 0.2) is 0 Å². The van der Waals surface area contributed by atoms with Crippen molar-refractivity contribution < 1.29 is 38.5 Å². The highest BCUT2D eigenvalue weighted by Gasteiger charge is 2.83. The molecule has 0 amide bonds. The molecule has 0 unspecified atom stereocenters. The average Bonchev–Trinajstić information content (AvgIpc) is 2.73. The first-order valence-corrected chi connectivity index (χ1v) is 7.54. The molecule has 0 saturated carbocycles. The molecule has 3 fully saturated rings. The van der Waals surface area contributed by atoms with Crippen LogP contribution in [0.1, 0.15) is 0 Å². The topological polar surface area (TPSA) is 52.6 Å². The number of fused-ring (bicyclic) bond motifs is 5. The molecule has 110 valence electrons. The highest BCUT2D eigenvalue weighted by molar-refractivity contribution is 8.46. The molecule has 6 atom stereocenters. The molecule has 2 bridgehead atoms. The van der Waals surface area contributed by atoms with E-state index in [-0.39, 0.29) is 0 Å². The summed E-state index contributed by atoms with van der Waals surface area (Å²) in [6.45, 7) is 0. The number of hydrogen-bond acceptors (Lipinski definition) is 4. The Morgan fingerprint density at radius 1 is 0.947 bits per heavy atom. The number of cyclic esters (lactones) is 2. The van der Waals surface area contributed by atoms with Gasteiger partial charge >= 0.3 is 11.9 Å². The van der Waals surface area contributed by atoms with Crippen LogP contribution in [0.5, 0.6) is 0 Å². The summed E-state index contributed by atoms with van der Waals surface area (Å²) in [6, 6.07) is 0. The van der Waals surface area contributed by atoms with Gasteiger partial charge in [0.25, 0.3) is 10.2 Å². The van der Waals surface area contributed by atoms with E-state index in [1.807, 2.05) is 0 Å². The van der Waals surface area contributed by atoms with E-state index in [1.165, 1.54) is 0 Å². The summed E-state index contributed by atoms with van der Waals surface area (Å²) in [7, 11) is -9.94. The fourth-order valence-electron chi connectivity index (χ4n) is 2.98. The molecule has 11 heteroatoms. The Kier molecular flexibility index (Phi) is 2.02. The minimum Gasteiger partial charge on any atom is -0.393 e. The maximum absolute atomic E-state index is 12.9. The van der Waals surface area contributed by atoms with Crippen molar-refractivity contribution in [3.8, 4) is 0 Å². The van der Waals surface area contributed by atoms with Crippen molar-refractivity contribution in [1.29, 1.82) is 0 Å². The van der Waals surface area contributed by atoms with Crippen molar-refractivity contribution in [2.45, 2.75) is 22.8 Å². The molecule has 3 aliphatic heterocycles. The maximum Gasteiger partial charge on any atom is 0.320 e. The smallest absolute Gasteiger partial charge is 0.320 e. The fourth-order valence-corrected chi connectivity index (χ4v) is 5.31. The molecule has 0 spiro atoms. The average molecular weight is 329 g/mol. The predicted molar refractivity (Wildman–Crippen MR) is 53.3 cm³/mol. The zero-order valence-electron chi connectivity index (χ0n) is 8.77. The summed E-state index contributed by atoms with van der Waals surface area (Å²) in [5, 5.41) is -5.35. The second-order valence-corrected chi connectivity index (χ2v) is 7.90. The van der Waals surface area contributed by atoms with E-state index in [2.05, 4.69) is 4.74 Å². The van der Waals surface area contributed by atoms with Crippen LogP contribution in [-0.2, 0) is 19.1 Å². The summed E-state index contributed by atoms with van der Waals surface area (Å²) < 4.78 is 73.4. The summed E-state index contributed by atoms with van der Waals surface area (Å²) in [4.78, 5) is 22.6. The molecule has 0 aromatic heterocycles. The molecule has 0 aliphatic carbocycles. The number of hydrogen-bond donors (Lipinski definition) is 0. The molecule has 0 aromatic rings.